The van der Waals surface area contributed by atoms with Crippen molar-refractivity contribution in [3.05, 3.63) is 27.7 Å². The van der Waals surface area contributed by atoms with Crippen molar-refractivity contribution in [2.75, 3.05) is 7.11 Å². The minimum absolute atomic E-state index is 0.352. The first kappa shape index (κ1) is 16.4. The topological polar surface area (TPSA) is 9.23 Å². The van der Waals surface area contributed by atoms with Gasteiger partial charge in [0, 0.05) is 14.9 Å². The lowest BCUT2D eigenvalue weighted by Crippen LogP contribution is -2.30. The molecule has 1 aromatic carbocycles. The Hall–Kier alpha value is -0.0200. The minimum atomic E-state index is 0.352. The Kier molecular flexibility index (Phi) is 5.23. The Morgan fingerprint density at radius 2 is 2.00 bits per heavy atom. The molecule has 1 aromatic rings. The van der Waals surface area contributed by atoms with Gasteiger partial charge in [0.05, 0.1) is 7.11 Å². The van der Waals surface area contributed by atoms with Crippen molar-refractivity contribution < 1.29 is 4.74 Å². The van der Waals surface area contributed by atoms with Crippen molar-refractivity contribution in [1.82, 2.24) is 0 Å². The van der Waals surface area contributed by atoms with E-state index in [0.29, 0.717) is 16.2 Å². The van der Waals surface area contributed by atoms with Crippen molar-refractivity contribution >= 4 is 31.9 Å². The highest BCUT2D eigenvalue weighted by molar-refractivity contribution is 9.10. The molecule has 1 aliphatic carbocycles. The summed E-state index contributed by atoms with van der Waals surface area (Å²) in [6.07, 6.45) is 5.30. The molecule has 1 aliphatic rings. The summed E-state index contributed by atoms with van der Waals surface area (Å²) in [6, 6.07) is 4.35. The SMILES string of the molecule is COc1cc(C)c(Br)cc1C(Br)C1CCCCC1(C)C. The monoisotopic (exact) mass is 402 g/mol. The molecule has 1 saturated carbocycles. The summed E-state index contributed by atoms with van der Waals surface area (Å²) >= 11 is 7.63. The molecule has 2 unspecified atom stereocenters. The van der Waals surface area contributed by atoms with E-state index in [1.54, 1.807) is 7.11 Å². The number of benzene rings is 1. The average Bonchev–Trinajstić information content (AvgIpc) is 2.40. The van der Waals surface area contributed by atoms with E-state index in [0.717, 1.165) is 10.2 Å². The number of hydrogen-bond acceptors (Lipinski definition) is 1. The largest absolute Gasteiger partial charge is 0.496 e. The standard InChI is InChI=1S/C17H24Br2O/c1-11-9-15(20-4)12(10-14(11)18)16(19)13-7-5-6-8-17(13,2)3/h9-10,13,16H,5-8H2,1-4H3. The quantitative estimate of drug-likeness (QED) is 0.529. The van der Waals surface area contributed by atoms with Crippen LogP contribution < -0.4 is 4.74 Å². The highest BCUT2D eigenvalue weighted by Gasteiger charge is 2.38. The summed E-state index contributed by atoms with van der Waals surface area (Å²) in [5, 5.41) is 0. The van der Waals surface area contributed by atoms with Crippen LogP contribution >= 0.6 is 31.9 Å². The number of aryl methyl sites for hydroxylation is 1. The van der Waals surface area contributed by atoms with Crippen LogP contribution in [0.3, 0.4) is 0 Å². The summed E-state index contributed by atoms with van der Waals surface area (Å²) in [7, 11) is 1.76. The third kappa shape index (κ3) is 3.24. The Morgan fingerprint density at radius 3 is 2.60 bits per heavy atom. The molecule has 2 atom stereocenters. The summed E-state index contributed by atoms with van der Waals surface area (Å²) < 4.78 is 6.77. The van der Waals surface area contributed by atoms with Gasteiger partial charge in [-0.25, -0.2) is 0 Å². The van der Waals surface area contributed by atoms with Gasteiger partial charge in [0.15, 0.2) is 0 Å². The molecule has 0 radical (unpaired) electrons. The summed E-state index contributed by atoms with van der Waals surface area (Å²) in [4.78, 5) is 0.352. The first-order valence-corrected chi connectivity index (χ1v) is 9.06. The molecule has 20 heavy (non-hydrogen) atoms. The fourth-order valence-corrected chi connectivity index (χ4v) is 5.04. The van der Waals surface area contributed by atoms with Crippen molar-refractivity contribution in [3.63, 3.8) is 0 Å². The number of hydrogen-bond donors (Lipinski definition) is 0. The normalized spacial score (nSPS) is 23.4. The summed E-state index contributed by atoms with van der Waals surface area (Å²) in [6.45, 7) is 6.91. The van der Waals surface area contributed by atoms with Gasteiger partial charge in [-0.1, -0.05) is 58.5 Å². The van der Waals surface area contributed by atoms with Crippen LogP contribution in [0.1, 0.15) is 55.5 Å². The van der Waals surface area contributed by atoms with Crippen molar-refractivity contribution in [2.45, 2.75) is 51.3 Å². The van der Waals surface area contributed by atoms with Crippen LogP contribution in [-0.2, 0) is 0 Å². The van der Waals surface area contributed by atoms with Gasteiger partial charge >= 0.3 is 0 Å². The molecule has 3 heteroatoms. The Morgan fingerprint density at radius 1 is 1.30 bits per heavy atom. The molecular formula is C17H24Br2O. The van der Waals surface area contributed by atoms with Gasteiger partial charge in [-0.15, -0.1) is 0 Å². The van der Waals surface area contributed by atoms with E-state index < -0.39 is 0 Å². The Labute approximate surface area is 139 Å². The van der Waals surface area contributed by atoms with Gasteiger partial charge in [-0.05, 0) is 48.8 Å². The number of ether oxygens (including phenoxy) is 1. The number of rotatable bonds is 3. The fourth-order valence-electron chi connectivity index (χ4n) is 3.34. The predicted molar refractivity (Wildman–Crippen MR) is 92.8 cm³/mol. The minimum Gasteiger partial charge on any atom is -0.496 e. The number of alkyl halides is 1. The zero-order valence-corrected chi connectivity index (χ0v) is 16.0. The Bertz CT molecular complexity index is 482. The molecular weight excluding hydrogens is 380 g/mol. The van der Waals surface area contributed by atoms with Crippen LogP contribution in [0, 0.1) is 18.3 Å². The molecule has 2 rings (SSSR count). The lowest BCUT2D eigenvalue weighted by molar-refractivity contribution is 0.136. The number of methoxy groups -OCH3 is 1. The average molecular weight is 404 g/mol. The van der Waals surface area contributed by atoms with E-state index in [1.165, 1.54) is 36.8 Å². The zero-order chi connectivity index (χ0) is 14.9. The number of halogens is 2. The van der Waals surface area contributed by atoms with Gasteiger partial charge in [0.1, 0.15) is 5.75 Å². The predicted octanol–water partition coefficient (Wildman–Crippen LogP) is 6.42. The summed E-state index contributed by atoms with van der Waals surface area (Å²) in [5.74, 6) is 1.65. The second-order valence-electron chi connectivity index (χ2n) is 6.59. The molecule has 0 aromatic heterocycles. The fraction of sp³-hybridized carbons (Fsp3) is 0.647. The van der Waals surface area contributed by atoms with E-state index in [9.17, 15) is 0 Å². The van der Waals surface area contributed by atoms with Crippen LogP contribution in [-0.4, -0.2) is 7.11 Å². The molecule has 0 aliphatic heterocycles. The molecule has 0 amide bonds. The van der Waals surface area contributed by atoms with E-state index in [4.69, 9.17) is 4.74 Å². The molecule has 0 N–H and O–H groups in total. The first-order chi connectivity index (χ1) is 9.36. The van der Waals surface area contributed by atoms with E-state index in [1.807, 2.05) is 0 Å². The maximum absolute atomic E-state index is 5.61. The van der Waals surface area contributed by atoms with Crippen molar-refractivity contribution in [2.24, 2.45) is 11.3 Å². The van der Waals surface area contributed by atoms with Crippen LogP contribution in [0.25, 0.3) is 0 Å². The first-order valence-electron chi connectivity index (χ1n) is 7.35. The highest BCUT2D eigenvalue weighted by Crippen LogP contribution is 2.52. The van der Waals surface area contributed by atoms with Crippen LogP contribution in [0.5, 0.6) is 5.75 Å². The molecule has 1 fully saturated rings. The smallest absolute Gasteiger partial charge is 0.123 e. The molecule has 0 bridgehead atoms. The van der Waals surface area contributed by atoms with Crippen LogP contribution in [0.4, 0.5) is 0 Å². The van der Waals surface area contributed by atoms with Gasteiger partial charge in [-0.3, -0.25) is 0 Å². The van der Waals surface area contributed by atoms with E-state index in [-0.39, 0.29) is 0 Å². The summed E-state index contributed by atoms with van der Waals surface area (Å²) in [5.41, 5.74) is 2.87. The maximum Gasteiger partial charge on any atom is 0.123 e. The van der Waals surface area contributed by atoms with Gasteiger partial charge in [0.2, 0.25) is 0 Å². The van der Waals surface area contributed by atoms with Gasteiger partial charge < -0.3 is 4.74 Å². The van der Waals surface area contributed by atoms with Gasteiger partial charge in [-0.2, -0.15) is 0 Å². The Balaban J connectivity index is 2.37. The van der Waals surface area contributed by atoms with Crippen molar-refractivity contribution in [3.8, 4) is 5.75 Å². The van der Waals surface area contributed by atoms with E-state index in [2.05, 4.69) is 64.8 Å². The lowest BCUT2D eigenvalue weighted by atomic mass is 9.66. The van der Waals surface area contributed by atoms with E-state index >= 15 is 0 Å². The highest BCUT2D eigenvalue weighted by atomic mass is 79.9. The second-order valence-corrected chi connectivity index (χ2v) is 8.43. The maximum atomic E-state index is 5.61. The zero-order valence-electron chi connectivity index (χ0n) is 12.8. The molecule has 0 saturated heterocycles. The van der Waals surface area contributed by atoms with Crippen LogP contribution in [0.2, 0.25) is 0 Å². The molecule has 1 nitrogen and oxygen atoms in total. The molecule has 0 heterocycles. The molecule has 0 spiro atoms. The van der Waals surface area contributed by atoms with Gasteiger partial charge in [0.25, 0.3) is 0 Å². The van der Waals surface area contributed by atoms with Crippen molar-refractivity contribution in [1.29, 1.82) is 0 Å². The molecule has 112 valence electrons. The second kappa shape index (κ2) is 6.39. The third-order valence-electron chi connectivity index (χ3n) is 4.75. The van der Waals surface area contributed by atoms with Crippen LogP contribution in [0.15, 0.2) is 16.6 Å². The lowest BCUT2D eigenvalue weighted by Gasteiger charge is -2.41. The third-order valence-corrected chi connectivity index (χ3v) is 6.74.